The molecule has 6 nitrogen and oxygen atoms in total. The minimum Gasteiger partial charge on any atom is -0.497 e. The molecule has 2 aromatic rings. The Labute approximate surface area is 172 Å². The van der Waals surface area contributed by atoms with Gasteiger partial charge in [0.2, 0.25) is 11.8 Å². The van der Waals surface area contributed by atoms with E-state index in [2.05, 4.69) is 21.2 Å². The van der Waals surface area contributed by atoms with Crippen molar-refractivity contribution < 1.29 is 19.1 Å². The van der Waals surface area contributed by atoms with Gasteiger partial charge < -0.3 is 19.7 Å². The number of nitrogens with one attached hydrogen (secondary N) is 1. The van der Waals surface area contributed by atoms with Crippen LogP contribution in [0.3, 0.4) is 0 Å². The molecule has 3 rings (SSSR count). The Morgan fingerprint density at radius 2 is 1.89 bits per heavy atom. The molecule has 1 aliphatic heterocycles. The molecule has 0 bridgehead atoms. The van der Waals surface area contributed by atoms with Gasteiger partial charge in [0.15, 0.2) is 0 Å². The summed E-state index contributed by atoms with van der Waals surface area (Å²) in [4.78, 5) is 26.9. The minimum absolute atomic E-state index is 0.0471. The van der Waals surface area contributed by atoms with Crippen LogP contribution in [-0.4, -0.2) is 32.6 Å². The molecule has 148 valence electrons. The van der Waals surface area contributed by atoms with E-state index >= 15 is 0 Å². The van der Waals surface area contributed by atoms with Crippen LogP contribution in [0.25, 0.3) is 0 Å². The average Bonchev–Trinajstić information content (AvgIpc) is 3.09. The Kier molecular flexibility index (Phi) is 6.24. The first-order valence-electron chi connectivity index (χ1n) is 9.01. The van der Waals surface area contributed by atoms with Crippen LogP contribution in [0.2, 0.25) is 0 Å². The van der Waals surface area contributed by atoms with Crippen LogP contribution in [0.15, 0.2) is 46.9 Å². The van der Waals surface area contributed by atoms with E-state index in [1.165, 1.54) is 0 Å². The van der Waals surface area contributed by atoms with Gasteiger partial charge in [-0.2, -0.15) is 0 Å². The fourth-order valence-corrected chi connectivity index (χ4v) is 3.60. The van der Waals surface area contributed by atoms with Gasteiger partial charge in [-0.1, -0.05) is 15.9 Å². The fraction of sp³-hybridized carbons (Fsp3) is 0.333. The number of carbonyl (C=O) groups is 2. The molecule has 0 saturated carbocycles. The second kappa shape index (κ2) is 8.65. The van der Waals surface area contributed by atoms with Crippen molar-refractivity contribution in [2.24, 2.45) is 5.92 Å². The number of halogens is 1. The van der Waals surface area contributed by atoms with Gasteiger partial charge in [0.1, 0.15) is 11.5 Å². The van der Waals surface area contributed by atoms with Crippen molar-refractivity contribution >= 4 is 33.4 Å². The summed E-state index contributed by atoms with van der Waals surface area (Å²) in [5.74, 6) is 0.775. The van der Waals surface area contributed by atoms with Crippen molar-refractivity contribution in [3.63, 3.8) is 0 Å². The maximum absolute atomic E-state index is 12.8. The summed E-state index contributed by atoms with van der Waals surface area (Å²) in [5, 5.41) is 3.00. The van der Waals surface area contributed by atoms with Crippen molar-refractivity contribution in [1.29, 1.82) is 0 Å². The highest BCUT2D eigenvalue weighted by Gasteiger charge is 2.35. The molecule has 0 spiro atoms. The first kappa shape index (κ1) is 20.2. The third-order valence-electron chi connectivity index (χ3n) is 4.90. The van der Waals surface area contributed by atoms with Gasteiger partial charge in [0.05, 0.1) is 26.2 Å². The number of amides is 2. The standard InChI is InChI=1S/C21H23BrN2O4/c1-13(18-11-17(27-2)8-9-19(18)28-3)23-21(26)14-10-20(25)24(12-14)16-6-4-15(22)5-7-16/h4-9,11,13-14H,10,12H2,1-3H3,(H,23,26). The molecule has 0 aromatic heterocycles. The van der Waals surface area contributed by atoms with Crippen molar-refractivity contribution in [3.05, 3.63) is 52.5 Å². The number of ether oxygens (including phenoxy) is 2. The number of hydrogen-bond acceptors (Lipinski definition) is 4. The molecule has 2 atom stereocenters. The lowest BCUT2D eigenvalue weighted by Crippen LogP contribution is -2.34. The van der Waals surface area contributed by atoms with E-state index in [1.54, 1.807) is 19.1 Å². The Bertz CT molecular complexity index is 869. The molecular weight excluding hydrogens is 424 g/mol. The summed E-state index contributed by atoms with van der Waals surface area (Å²) in [6.45, 7) is 2.26. The molecule has 2 amide bonds. The zero-order chi connectivity index (χ0) is 20.3. The molecule has 1 fully saturated rings. The number of methoxy groups -OCH3 is 2. The van der Waals surface area contributed by atoms with Gasteiger partial charge in [0.25, 0.3) is 0 Å². The lowest BCUT2D eigenvalue weighted by atomic mass is 10.0. The average molecular weight is 447 g/mol. The maximum atomic E-state index is 12.8. The Morgan fingerprint density at radius 3 is 2.54 bits per heavy atom. The number of nitrogens with zero attached hydrogens (tertiary/aromatic N) is 1. The Morgan fingerprint density at radius 1 is 1.18 bits per heavy atom. The lowest BCUT2D eigenvalue weighted by Gasteiger charge is -2.20. The lowest BCUT2D eigenvalue weighted by molar-refractivity contribution is -0.126. The topological polar surface area (TPSA) is 67.9 Å². The number of benzene rings is 2. The molecule has 2 aromatic carbocycles. The van der Waals surface area contributed by atoms with Crippen LogP contribution < -0.4 is 19.7 Å². The zero-order valence-electron chi connectivity index (χ0n) is 16.1. The first-order chi connectivity index (χ1) is 13.4. The second-order valence-electron chi connectivity index (χ2n) is 6.72. The van der Waals surface area contributed by atoms with Crippen molar-refractivity contribution in [3.8, 4) is 11.5 Å². The maximum Gasteiger partial charge on any atom is 0.227 e. The first-order valence-corrected chi connectivity index (χ1v) is 9.80. The minimum atomic E-state index is -0.393. The zero-order valence-corrected chi connectivity index (χ0v) is 17.7. The molecular formula is C21H23BrN2O4. The summed E-state index contributed by atoms with van der Waals surface area (Å²) in [6, 6.07) is 12.7. The van der Waals surface area contributed by atoms with Crippen LogP contribution >= 0.6 is 15.9 Å². The van der Waals surface area contributed by atoms with Gasteiger partial charge in [-0.15, -0.1) is 0 Å². The summed E-state index contributed by atoms with van der Waals surface area (Å²) in [7, 11) is 3.18. The van der Waals surface area contributed by atoms with E-state index < -0.39 is 5.92 Å². The van der Waals surface area contributed by atoms with E-state index in [-0.39, 0.29) is 24.3 Å². The summed E-state index contributed by atoms with van der Waals surface area (Å²) in [6.07, 6.45) is 0.198. The van der Waals surface area contributed by atoms with Crippen LogP contribution in [0, 0.1) is 5.92 Å². The van der Waals surface area contributed by atoms with E-state index in [0.29, 0.717) is 18.0 Å². The summed E-state index contributed by atoms with van der Waals surface area (Å²) < 4.78 is 11.6. The van der Waals surface area contributed by atoms with E-state index in [9.17, 15) is 9.59 Å². The van der Waals surface area contributed by atoms with Crippen LogP contribution in [0.5, 0.6) is 11.5 Å². The number of rotatable bonds is 6. The van der Waals surface area contributed by atoms with Crippen LogP contribution in [0.1, 0.15) is 24.9 Å². The van der Waals surface area contributed by atoms with Gasteiger partial charge in [0, 0.05) is 28.7 Å². The summed E-state index contributed by atoms with van der Waals surface area (Å²) >= 11 is 3.39. The molecule has 0 radical (unpaired) electrons. The van der Waals surface area contributed by atoms with Gasteiger partial charge >= 0.3 is 0 Å². The third-order valence-corrected chi connectivity index (χ3v) is 5.42. The van der Waals surface area contributed by atoms with Gasteiger partial charge in [-0.05, 0) is 49.4 Å². The Balaban J connectivity index is 1.70. The third kappa shape index (κ3) is 4.30. The molecule has 28 heavy (non-hydrogen) atoms. The van der Waals surface area contributed by atoms with Crippen molar-refractivity contribution in [1.82, 2.24) is 5.32 Å². The van der Waals surface area contributed by atoms with E-state index in [0.717, 1.165) is 15.7 Å². The highest BCUT2D eigenvalue weighted by Crippen LogP contribution is 2.31. The molecule has 7 heteroatoms. The van der Waals surface area contributed by atoms with Gasteiger partial charge in [-0.25, -0.2) is 0 Å². The van der Waals surface area contributed by atoms with Gasteiger partial charge in [-0.3, -0.25) is 9.59 Å². The molecule has 1 aliphatic rings. The highest BCUT2D eigenvalue weighted by atomic mass is 79.9. The van der Waals surface area contributed by atoms with Crippen LogP contribution in [-0.2, 0) is 9.59 Å². The van der Waals surface area contributed by atoms with Crippen molar-refractivity contribution in [2.75, 3.05) is 25.7 Å². The molecule has 1 heterocycles. The molecule has 0 aliphatic carbocycles. The summed E-state index contributed by atoms with van der Waals surface area (Å²) in [5.41, 5.74) is 1.62. The molecule has 1 saturated heterocycles. The number of carbonyl (C=O) groups excluding carboxylic acids is 2. The molecule has 2 unspecified atom stereocenters. The SMILES string of the molecule is COc1ccc(OC)c(C(C)NC(=O)C2CC(=O)N(c3ccc(Br)cc3)C2)c1. The quantitative estimate of drug-likeness (QED) is 0.734. The number of anilines is 1. The fourth-order valence-electron chi connectivity index (χ4n) is 3.34. The smallest absolute Gasteiger partial charge is 0.227 e. The van der Waals surface area contributed by atoms with Crippen molar-refractivity contribution in [2.45, 2.75) is 19.4 Å². The van der Waals surface area contributed by atoms with E-state index in [4.69, 9.17) is 9.47 Å². The van der Waals surface area contributed by atoms with E-state index in [1.807, 2.05) is 49.4 Å². The highest BCUT2D eigenvalue weighted by molar-refractivity contribution is 9.10. The number of hydrogen-bond donors (Lipinski definition) is 1. The second-order valence-corrected chi connectivity index (χ2v) is 7.64. The predicted molar refractivity (Wildman–Crippen MR) is 111 cm³/mol. The predicted octanol–water partition coefficient (Wildman–Crippen LogP) is 3.70. The normalized spacial score (nSPS) is 17.4. The largest absolute Gasteiger partial charge is 0.497 e. The Hall–Kier alpha value is -2.54. The van der Waals surface area contributed by atoms with Crippen LogP contribution in [0.4, 0.5) is 5.69 Å². The molecule has 1 N–H and O–H groups in total. The monoisotopic (exact) mass is 446 g/mol.